The maximum atomic E-state index is 6.52. The Balaban J connectivity index is 1.93. The van der Waals surface area contributed by atoms with Crippen molar-refractivity contribution >= 4 is 34.0 Å². The third-order valence-corrected chi connectivity index (χ3v) is 5.19. The van der Waals surface area contributed by atoms with Gasteiger partial charge in [-0.2, -0.15) is 0 Å². The van der Waals surface area contributed by atoms with Gasteiger partial charge in [-0.25, -0.2) is 0 Å². The molecule has 2 aromatic carbocycles. The van der Waals surface area contributed by atoms with Gasteiger partial charge in [0.05, 0.1) is 18.2 Å². The van der Waals surface area contributed by atoms with Crippen LogP contribution >= 0.6 is 23.2 Å². The molecule has 0 aliphatic rings. The van der Waals surface area contributed by atoms with Crippen molar-refractivity contribution in [3.8, 4) is 11.5 Å². The first-order valence-corrected chi connectivity index (χ1v) is 10.1. The van der Waals surface area contributed by atoms with Crippen molar-refractivity contribution in [2.75, 3.05) is 13.2 Å². The van der Waals surface area contributed by atoms with Crippen molar-refractivity contribution in [2.45, 2.75) is 57.7 Å². The summed E-state index contributed by atoms with van der Waals surface area (Å²) in [6.45, 7) is 5.68. The number of halogens is 2. The van der Waals surface area contributed by atoms with E-state index in [-0.39, 0.29) is 5.38 Å². The molecule has 2 rings (SSSR count). The first-order valence-electron chi connectivity index (χ1n) is 9.27. The molecule has 1 atom stereocenters. The molecule has 0 aliphatic carbocycles. The third kappa shape index (κ3) is 6.27. The standard InChI is InChI=1S/C21H28Cl2O2/c1-3-5-13-24-18-10-11-19-16(15-18)9-12-20(21(19)23)25-14-7-6-8-17(22)4-2/h9-12,15,17H,3-8,13-14H2,1-2H3. The molecular formula is C21H28Cl2O2. The highest BCUT2D eigenvalue weighted by Crippen LogP contribution is 2.34. The predicted octanol–water partition coefficient (Wildman–Crippen LogP) is 7.24. The summed E-state index contributed by atoms with van der Waals surface area (Å²) < 4.78 is 11.6. The van der Waals surface area contributed by atoms with Crippen molar-refractivity contribution in [3.05, 3.63) is 35.4 Å². The van der Waals surface area contributed by atoms with Gasteiger partial charge in [0.1, 0.15) is 11.5 Å². The zero-order chi connectivity index (χ0) is 18.1. The Kier molecular flexibility index (Phi) is 8.71. The number of ether oxygens (including phenoxy) is 2. The maximum absolute atomic E-state index is 6.52. The van der Waals surface area contributed by atoms with Crippen LogP contribution in [0.2, 0.25) is 5.02 Å². The topological polar surface area (TPSA) is 18.5 Å². The van der Waals surface area contributed by atoms with Crippen LogP contribution in [-0.4, -0.2) is 18.6 Å². The SMILES string of the molecule is CCCCOc1ccc2c(Cl)c(OCCCCC(Cl)CC)ccc2c1. The number of unbranched alkanes of at least 4 members (excludes halogenated alkanes) is 2. The minimum atomic E-state index is 0.276. The van der Waals surface area contributed by atoms with Gasteiger partial charge in [0.2, 0.25) is 0 Å². The van der Waals surface area contributed by atoms with Gasteiger partial charge in [0.15, 0.2) is 0 Å². The number of fused-ring (bicyclic) bond motifs is 1. The summed E-state index contributed by atoms with van der Waals surface area (Å²) in [5, 5.41) is 3.01. The van der Waals surface area contributed by atoms with Crippen LogP contribution in [0.3, 0.4) is 0 Å². The van der Waals surface area contributed by atoms with Crippen LogP contribution in [-0.2, 0) is 0 Å². The lowest BCUT2D eigenvalue weighted by atomic mass is 10.1. The average molecular weight is 383 g/mol. The number of rotatable bonds is 11. The summed E-state index contributed by atoms with van der Waals surface area (Å²) in [6, 6.07) is 9.99. The largest absolute Gasteiger partial charge is 0.494 e. The first-order chi connectivity index (χ1) is 12.2. The molecule has 0 fully saturated rings. The second-order valence-corrected chi connectivity index (χ2v) is 7.31. The molecule has 0 aromatic heterocycles. The molecule has 25 heavy (non-hydrogen) atoms. The van der Waals surface area contributed by atoms with Crippen LogP contribution in [0.1, 0.15) is 52.4 Å². The van der Waals surface area contributed by atoms with Crippen LogP contribution in [0.5, 0.6) is 11.5 Å². The van der Waals surface area contributed by atoms with Gasteiger partial charge in [0.25, 0.3) is 0 Å². The molecular weight excluding hydrogens is 355 g/mol. The van der Waals surface area contributed by atoms with Crippen LogP contribution < -0.4 is 9.47 Å². The Morgan fingerprint density at radius 2 is 1.76 bits per heavy atom. The number of hydrogen-bond donors (Lipinski definition) is 0. The lowest BCUT2D eigenvalue weighted by Gasteiger charge is -2.12. The van der Waals surface area contributed by atoms with Crippen LogP contribution in [0.25, 0.3) is 10.8 Å². The van der Waals surface area contributed by atoms with Crippen LogP contribution in [0.4, 0.5) is 0 Å². The summed E-state index contributed by atoms with van der Waals surface area (Å²) in [5.41, 5.74) is 0. The van der Waals surface area contributed by atoms with Crippen molar-refractivity contribution in [1.29, 1.82) is 0 Å². The molecule has 0 spiro atoms. The smallest absolute Gasteiger partial charge is 0.138 e. The lowest BCUT2D eigenvalue weighted by Crippen LogP contribution is -2.01. The summed E-state index contributed by atoms with van der Waals surface area (Å²) in [6.07, 6.45) is 6.31. The van der Waals surface area contributed by atoms with E-state index >= 15 is 0 Å². The van der Waals surface area contributed by atoms with Crippen LogP contribution in [0, 0.1) is 0 Å². The highest BCUT2D eigenvalue weighted by atomic mass is 35.5. The average Bonchev–Trinajstić information content (AvgIpc) is 2.63. The molecule has 2 aromatic rings. The van der Waals surface area contributed by atoms with Gasteiger partial charge in [-0.05, 0) is 61.8 Å². The molecule has 0 saturated heterocycles. The molecule has 0 amide bonds. The second-order valence-electron chi connectivity index (χ2n) is 6.31. The fourth-order valence-corrected chi connectivity index (χ4v) is 3.08. The summed E-state index contributed by atoms with van der Waals surface area (Å²) in [5.74, 6) is 1.63. The molecule has 4 heteroatoms. The van der Waals surface area contributed by atoms with E-state index in [1.807, 2.05) is 30.3 Å². The first kappa shape index (κ1) is 20.2. The number of hydrogen-bond acceptors (Lipinski definition) is 2. The summed E-state index contributed by atoms with van der Waals surface area (Å²) >= 11 is 12.7. The highest BCUT2D eigenvalue weighted by molar-refractivity contribution is 6.37. The van der Waals surface area contributed by atoms with Gasteiger partial charge in [-0.15, -0.1) is 11.6 Å². The van der Waals surface area contributed by atoms with Gasteiger partial charge >= 0.3 is 0 Å². The van der Waals surface area contributed by atoms with Gasteiger partial charge < -0.3 is 9.47 Å². The Labute approximate surface area is 161 Å². The Hall–Kier alpha value is -1.12. The van der Waals surface area contributed by atoms with Crippen molar-refractivity contribution in [3.63, 3.8) is 0 Å². The molecule has 0 N–H and O–H groups in total. The fourth-order valence-electron chi connectivity index (χ4n) is 2.64. The van der Waals surface area contributed by atoms with E-state index in [1.165, 1.54) is 0 Å². The molecule has 2 nitrogen and oxygen atoms in total. The van der Waals surface area contributed by atoms with Gasteiger partial charge in [0, 0.05) is 10.8 Å². The summed E-state index contributed by atoms with van der Waals surface area (Å²) in [4.78, 5) is 0. The number of alkyl halides is 1. The molecule has 1 unspecified atom stereocenters. The lowest BCUT2D eigenvalue weighted by molar-refractivity contribution is 0.305. The second kappa shape index (κ2) is 10.8. The Morgan fingerprint density at radius 3 is 2.52 bits per heavy atom. The monoisotopic (exact) mass is 382 g/mol. The van der Waals surface area contributed by atoms with Crippen molar-refractivity contribution < 1.29 is 9.47 Å². The molecule has 0 aliphatic heterocycles. The van der Waals surface area contributed by atoms with Crippen molar-refractivity contribution in [1.82, 2.24) is 0 Å². The minimum absolute atomic E-state index is 0.276. The zero-order valence-electron chi connectivity index (χ0n) is 15.2. The molecule has 0 bridgehead atoms. The Morgan fingerprint density at radius 1 is 0.960 bits per heavy atom. The molecule has 0 saturated carbocycles. The van der Waals surface area contributed by atoms with E-state index < -0.39 is 0 Å². The molecule has 138 valence electrons. The quantitative estimate of drug-likeness (QED) is 0.301. The van der Waals surface area contributed by atoms with E-state index in [0.717, 1.165) is 67.4 Å². The minimum Gasteiger partial charge on any atom is -0.494 e. The van der Waals surface area contributed by atoms with E-state index in [9.17, 15) is 0 Å². The van der Waals surface area contributed by atoms with E-state index in [0.29, 0.717) is 11.6 Å². The van der Waals surface area contributed by atoms with E-state index in [2.05, 4.69) is 13.8 Å². The predicted molar refractivity (Wildman–Crippen MR) is 109 cm³/mol. The molecule has 0 radical (unpaired) electrons. The Bertz CT molecular complexity index is 658. The summed E-state index contributed by atoms with van der Waals surface area (Å²) in [7, 11) is 0. The highest BCUT2D eigenvalue weighted by Gasteiger charge is 2.08. The van der Waals surface area contributed by atoms with E-state index in [1.54, 1.807) is 0 Å². The maximum Gasteiger partial charge on any atom is 0.138 e. The van der Waals surface area contributed by atoms with Gasteiger partial charge in [-0.3, -0.25) is 0 Å². The normalized spacial score (nSPS) is 12.3. The molecule has 0 heterocycles. The zero-order valence-corrected chi connectivity index (χ0v) is 16.7. The third-order valence-electron chi connectivity index (χ3n) is 4.27. The van der Waals surface area contributed by atoms with Crippen molar-refractivity contribution in [2.24, 2.45) is 0 Å². The van der Waals surface area contributed by atoms with Crippen LogP contribution in [0.15, 0.2) is 30.3 Å². The number of benzene rings is 2. The van der Waals surface area contributed by atoms with E-state index in [4.69, 9.17) is 32.7 Å². The van der Waals surface area contributed by atoms with Gasteiger partial charge in [-0.1, -0.05) is 37.9 Å². The fraction of sp³-hybridized carbons (Fsp3) is 0.524.